The van der Waals surface area contributed by atoms with Gasteiger partial charge in [-0.2, -0.15) is 0 Å². The topological polar surface area (TPSA) is 41.3 Å². The van der Waals surface area contributed by atoms with Crippen LogP contribution in [-0.2, 0) is 0 Å². The van der Waals surface area contributed by atoms with Gasteiger partial charge in [0, 0.05) is 10.2 Å². The molecule has 1 aromatic carbocycles. The molecule has 0 spiro atoms. The zero-order valence-electron chi connectivity index (χ0n) is 12.2. The fourth-order valence-electron chi connectivity index (χ4n) is 3.39. The third-order valence-electron chi connectivity index (χ3n) is 4.61. The summed E-state index contributed by atoms with van der Waals surface area (Å²) in [5.74, 6) is 5.95. The van der Waals surface area contributed by atoms with Crippen molar-refractivity contribution in [1.82, 2.24) is 10.3 Å². The maximum atomic E-state index is 5.95. The number of hydrazine groups is 1. The highest BCUT2D eigenvalue weighted by atomic mass is 32.1. The smallest absolute Gasteiger partial charge is 0.0652 e. The van der Waals surface area contributed by atoms with Crippen molar-refractivity contribution in [3.63, 3.8) is 0 Å². The molecule has 0 aliphatic carbocycles. The van der Waals surface area contributed by atoms with Gasteiger partial charge in [-0.3, -0.25) is 16.2 Å². The Labute approximate surface area is 124 Å². The van der Waals surface area contributed by atoms with Crippen molar-refractivity contribution in [1.29, 1.82) is 0 Å². The molecule has 1 atom stereocenters. The van der Waals surface area contributed by atoms with Gasteiger partial charge >= 0.3 is 0 Å². The Morgan fingerprint density at radius 3 is 2.70 bits per heavy atom. The molecule has 108 valence electrons. The molecular formula is C16H23N3S. The van der Waals surface area contributed by atoms with Crippen molar-refractivity contribution >= 4 is 21.4 Å². The fourth-order valence-corrected chi connectivity index (χ4v) is 4.34. The number of thiophene rings is 1. The molecular weight excluding hydrogens is 266 g/mol. The fraction of sp³-hybridized carbons (Fsp3) is 0.500. The van der Waals surface area contributed by atoms with Crippen molar-refractivity contribution in [2.45, 2.75) is 38.3 Å². The van der Waals surface area contributed by atoms with Crippen LogP contribution in [0.4, 0.5) is 0 Å². The van der Waals surface area contributed by atoms with E-state index in [4.69, 9.17) is 5.84 Å². The summed E-state index contributed by atoms with van der Waals surface area (Å²) in [7, 11) is 0. The molecule has 0 saturated carbocycles. The monoisotopic (exact) mass is 289 g/mol. The summed E-state index contributed by atoms with van der Waals surface area (Å²) in [6.45, 7) is 6.95. The molecule has 2 heterocycles. The number of benzene rings is 1. The average Bonchev–Trinajstić information content (AvgIpc) is 3.11. The first-order valence-electron chi connectivity index (χ1n) is 7.32. The van der Waals surface area contributed by atoms with E-state index in [0.717, 1.165) is 0 Å². The van der Waals surface area contributed by atoms with E-state index in [-0.39, 0.29) is 11.6 Å². The van der Waals surface area contributed by atoms with Gasteiger partial charge in [-0.05, 0) is 62.2 Å². The molecule has 0 bridgehead atoms. The number of hydrogen-bond acceptors (Lipinski definition) is 4. The van der Waals surface area contributed by atoms with Crippen LogP contribution in [0.2, 0.25) is 0 Å². The standard InChI is InChI=1S/C16H23N3S/c1-16(2,19-9-3-4-10-19)15(18-17)13-7-5-6-12-8-11-20-14(12)13/h5-8,11,15,18H,3-4,9-10,17H2,1-2H3. The molecule has 3 nitrogen and oxygen atoms in total. The van der Waals surface area contributed by atoms with Gasteiger partial charge < -0.3 is 0 Å². The normalized spacial score (nSPS) is 18.8. The Morgan fingerprint density at radius 1 is 1.25 bits per heavy atom. The van der Waals surface area contributed by atoms with Crippen molar-refractivity contribution in [2.24, 2.45) is 5.84 Å². The molecule has 0 amide bonds. The summed E-state index contributed by atoms with van der Waals surface area (Å²) >= 11 is 1.80. The highest BCUT2D eigenvalue weighted by Crippen LogP contribution is 2.37. The Balaban J connectivity index is 2.02. The molecule has 1 fully saturated rings. The lowest BCUT2D eigenvalue weighted by atomic mass is 9.87. The minimum absolute atomic E-state index is 0.0174. The van der Waals surface area contributed by atoms with Crippen molar-refractivity contribution in [3.8, 4) is 0 Å². The first-order valence-corrected chi connectivity index (χ1v) is 8.20. The molecule has 1 unspecified atom stereocenters. The largest absolute Gasteiger partial charge is 0.296 e. The maximum absolute atomic E-state index is 5.95. The maximum Gasteiger partial charge on any atom is 0.0652 e. The number of nitrogens with two attached hydrogens (primary N) is 1. The molecule has 3 N–H and O–H groups in total. The minimum atomic E-state index is 0.0174. The predicted molar refractivity (Wildman–Crippen MR) is 86.8 cm³/mol. The first-order chi connectivity index (χ1) is 9.64. The molecule has 1 saturated heterocycles. The third kappa shape index (κ3) is 2.27. The second kappa shape index (κ2) is 5.45. The summed E-state index contributed by atoms with van der Waals surface area (Å²) in [6.07, 6.45) is 2.59. The highest BCUT2D eigenvalue weighted by Gasteiger charge is 2.37. The second-order valence-electron chi connectivity index (χ2n) is 6.13. The van der Waals surface area contributed by atoms with E-state index in [9.17, 15) is 0 Å². The lowest BCUT2D eigenvalue weighted by Gasteiger charge is -2.42. The van der Waals surface area contributed by atoms with Crippen LogP contribution in [0.15, 0.2) is 29.6 Å². The van der Waals surface area contributed by atoms with Crippen LogP contribution < -0.4 is 11.3 Å². The summed E-state index contributed by atoms with van der Waals surface area (Å²) < 4.78 is 1.35. The van der Waals surface area contributed by atoms with Crippen LogP contribution in [0.1, 0.15) is 38.3 Å². The van der Waals surface area contributed by atoms with Crippen LogP contribution in [0.25, 0.3) is 10.1 Å². The van der Waals surface area contributed by atoms with E-state index in [1.54, 1.807) is 11.3 Å². The lowest BCUT2D eigenvalue weighted by Crippen LogP contribution is -2.53. The SMILES string of the molecule is CC(C)(C(NN)c1cccc2ccsc12)N1CCCC1. The van der Waals surface area contributed by atoms with Crippen molar-refractivity contribution < 1.29 is 0 Å². The molecule has 2 aromatic rings. The number of hydrogen-bond donors (Lipinski definition) is 2. The summed E-state index contributed by atoms with van der Waals surface area (Å²) in [5, 5.41) is 3.47. The Bertz CT molecular complexity index is 584. The van der Waals surface area contributed by atoms with Gasteiger partial charge in [-0.1, -0.05) is 18.2 Å². The molecule has 1 aromatic heterocycles. The lowest BCUT2D eigenvalue weighted by molar-refractivity contribution is 0.107. The van der Waals surface area contributed by atoms with Gasteiger partial charge in [0.25, 0.3) is 0 Å². The molecule has 0 radical (unpaired) electrons. The summed E-state index contributed by atoms with van der Waals surface area (Å²) in [5.41, 5.74) is 4.42. The van der Waals surface area contributed by atoms with Gasteiger partial charge in [0.2, 0.25) is 0 Å². The van der Waals surface area contributed by atoms with Gasteiger partial charge in [0.1, 0.15) is 0 Å². The number of likely N-dealkylation sites (tertiary alicyclic amines) is 1. The number of nitrogens with one attached hydrogen (secondary N) is 1. The summed E-state index contributed by atoms with van der Waals surface area (Å²) in [6, 6.07) is 8.84. The van der Waals surface area contributed by atoms with Crippen molar-refractivity contribution in [2.75, 3.05) is 13.1 Å². The Kier molecular flexibility index (Phi) is 3.82. The molecule has 20 heavy (non-hydrogen) atoms. The van der Waals surface area contributed by atoms with Crippen LogP contribution >= 0.6 is 11.3 Å². The quantitative estimate of drug-likeness (QED) is 0.670. The summed E-state index contributed by atoms with van der Waals surface area (Å²) in [4.78, 5) is 2.56. The Hall–Kier alpha value is -0.940. The molecule has 1 aliphatic heterocycles. The predicted octanol–water partition coefficient (Wildman–Crippen LogP) is 3.28. The second-order valence-corrected chi connectivity index (χ2v) is 7.05. The minimum Gasteiger partial charge on any atom is -0.296 e. The first kappa shape index (κ1) is 14.0. The zero-order chi connectivity index (χ0) is 14.2. The van der Waals surface area contributed by atoms with Gasteiger partial charge in [-0.25, -0.2) is 0 Å². The van der Waals surface area contributed by atoms with Crippen LogP contribution in [0.5, 0.6) is 0 Å². The van der Waals surface area contributed by atoms with E-state index in [1.807, 2.05) is 0 Å². The van der Waals surface area contributed by atoms with Crippen molar-refractivity contribution in [3.05, 3.63) is 35.2 Å². The molecule has 1 aliphatic rings. The Morgan fingerprint density at radius 2 is 2.00 bits per heavy atom. The van der Waals surface area contributed by atoms with E-state index in [2.05, 4.69) is 53.8 Å². The van der Waals surface area contributed by atoms with E-state index < -0.39 is 0 Å². The van der Waals surface area contributed by atoms with Gasteiger partial charge in [-0.15, -0.1) is 11.3 Å². The third-order valence-corrected chi connectivity index (χ3v) is 5.59. The number of fused-ring (bicyclic) bond motifs is 1. The van der Waals surface area contributed by atoms with E-state index in [1.165, 1.54) is 41.6 Å². The van der Waals surface area contributed by atoms with Crippen LogP contribution in [-0.4, -0.2) is 23.5 Å². The van der Waals surface area contributed by atoms with Crippen LogP contribution in [0.3, 0.4) is 0 Å². The molecule has 4 heteroatoms. The van der Waals surface area contributed by atoms with Gasteiger partial charge in [0.15, 0.2) is 0 Å². The van der Waals surface area contributed by atoms with E-state index in [0.29, 0.717) is 0 Å². The van der Waals surface area contributed by atoms with E-state index >= 15 is 0 Å². The number of nitrogens with zero attached hydrogens (tertiary/aromatic N) is 1. The number of rotatable bonds is 4. The van der Waals surface area contributed by atoms with Crippen LogP contribution in [0, 0.1) is 0 Å². The highest BCUT2D eigenvalue weighted by molar-refractivity contribution is 7.17. The average molecular weight is 289 g/mol. The van der Waals surface area contributed by atoms with Gasteiger partial charge in [0.05, 0.1) is 6.04 Å². The molecule has 3 rings (SSSR count). The zero-order valence-corrected chi connectivity index (χ0v) is 13.0.